The van der Waals surface area contributed by atoms with E-state index in [9.17, 15) is 4.79 Å². The molecule has 1 atom stereocenters. The molecule has 4 aromatic rings. The van der Waals surface area contributed by atoms with Crippen molar-refractivity contribution in [3.05, 3.63) is 102 Å². The van der Waals surface area contributed by atoms with E-state index in [1.165, 1.54) is 5.56 Å². The van der Waals surface area contributed by atoms with E-state index < -0.39 is 6.04 Å². The third-order valence-corrected chi connectivity index (χ3v) is 6.30. The number of aryl methyl sites for hydroxylation is 1. The average Bonchev–Trinajstić information content (AvgIpc) is 3.39. The highest BCUT2D eigenvalue weighted by molar-refractivity contribution is 6.01. The molecule has 0 saturated heterocycles. The minimum atomic E-state index is -0.432. The zero-order chi connectivity index (χ0) is 25.1. The van der Waals surface area contributed by atoms with Gasteiger partial charge in [0.05, 0.1) is 23.9 Å². The standard InChI is InChI=1S/C29H28N4O3/c1-4-20-11-15-23(16-12-20)33-19(3)25(26(30-29(33)34)21-9-7-6-8-10-21)28-31-27(32-36-28)22-13-17-24(18-14-22)35-5-2/h6-18,26H,4-5H2,1-3H3,(H,30,34). The van der Waals surface area contributed by atoms with Gasteiger partial charge in [0.15, 0.2) is 0 Å². The van der Waals surface area contributed by atoms with Crippen LogP contribution in [0.25, 0.3) is 17.0 Å². The Hall–Kier alpha value is -4.39. The summed E-state index contributed by atoms with van der Waals surface area (Å²) in [6, 6.07) is 24.7. The van der Waals surface area contributed by atoms with Crippen LogP contribution in [0.1, 0.15) is 43.8 Å². The van der Waals surface area contributed by atoms with Crippen LogP contribution in [0.2, 0.25) is 0 Å². The minimum absolute atomic E-state index is 0.208. The van der Waals surface area contributed by atoms with E-state index in [2.05, 4.69) is 17.4 Å². The Morgan fingerprint density at radius 3 is 2.36 bits per heavy atom. The Morgan fingerprint density at radius 2 is 1.69 bits per heavy atom. The molecule has 5 rings (SSSR count). The maximum Gasteiger partial charge on any atom is 0.326 e. The fourth-order valence-electron chi connectivity index (χ4n) is 4.42. The first-order valence-electron chi connectivity index (χ1n) is 12.1. The number of hydrogen-bond acceptors (Lipinski definition) is 5. The zero-order valence-corrected chi connectivity index (χ0v) is 20.6. The average molecular weight is 481 g/mol. The summed E-state index contributed by atoms with van der Waals surface area (Å²) in [6.45, 7) is 6.57. The third-order valence-electron chi connectivity index (χ3n) is 6.30. The Morgan fingerprint density at radius 1 is 0.972 bits per heavy atom. The number of ether oxygens (including phenoxy) is 1. The van der Waals surface area contributed by atoms with Crippen molar-refractivity contribution in [2.45, 2.75) is 33.2 Å². The number of hydrogen-bond donors (Lipinski definition) is 1. The Kier molecular flexibility index (Phi) is 6.54. The van der Waals surface area contributed by atoms with Gasteiger partial charge in [0.25, 0.3) is 5.89 Å². The van der Waals surface area contributed by atoms with Crippen LogP contribution in [0.5, 0.6) is 5.75 Å². The largest absolute Gasteiger partial charge is 0.494 e. The topological polar surface area (TPSA) is 80.5 Å². The number of aromatic nitrogens is 2. The van der Waals surface area contributed by atoms with Gasteiger partial charge in [-0.15, -0.1) is 0 Å². The summed E-state index contributed by atoms with van der Waals surface area (Å²) < 4.78 is 11.3. The van der Waals surface area contributed by atoms with Gasteiger partial charge in [0, 0.05) is 11.3 Å². The number of amides is 2. The molecule has 0 fully saturated rings. The molecule has 0 spiro atoms. The van der Waals surface area contributed by atoms with Gasteiger partial charge in [0.1, 0.15) is 5.75 Å². The molecule has 0 aliphatic carbocycles. The van der Waals surface area contributed by atoms with Gasteiger partial charge >= 0.3 is 6.03 Å². The highest BCUT2D eigenvalue weighted by Crippen LogP contribution is 2.39. The van der Waals surface area contributed by atoms with Crippen LogP contribution in [-0.2, 0) is 6.42 Å². The summed E-state index contributed by atoms with van der Waals surface area (Å²) >= 11 is 0. The van der Waals surface area contributed by atoms with E-state index >= 15 is 0 Å². The lowest BCUT2D eigenvalue weighted by atomic mass is 9.94. The molecule has 1 N–H and O–H groups in total. The molecule has 182 valence electrons. The van der Waals surface area contributed by atoms with E-state index in [1.54, 1.807) is 4.90 Å². The molecule has 1 aromatic heterocycles. The van der Waals surface area contributed by atoms with Crippen molar-refractivity contribution in [1.29, 1.82) is 0 Å². The Balaban J connectivity index is 1.58. The molecular formula is C29H28N4O3. The molecule has 2 heterocycles. The summed E-state index contributed by atoms with van der Waals surface area (Å²) in [6.07, 6.45) is 0.930. The number of rotatable bonds is 7. The van der Waals surface area contributed by atoms with Gasteiger partial charge in [-0.3, -0.25) is 4.90 Å². The lowest BCUT2D eigenvalue weighted by Gasteiger charge is -2.35. The second-order valence-corrected chi connectivity index (χ2v) is 8.53. The second-order valence-electron chi connectivity index (χ2n) is 8.53. The first-order chi connectivity index (χ1) is 17.6. The molecule has 0 saturated carbocycles. The van der Waals surface area contributed by atoms with Crippen molar-refractivity contribution in [1.82, 2.24) is 15.5 Å². The third kappa shape index (κ3) is 4.47. The van der Waals surface area contributed by atoms with Crippen LogP contribution in [0.3, 0.4) is 0 Å². The van der Waals surface area contributed by atoms with Gasteiger partial charge in [-0.05, 0) is 67.8 Å². The predicted octanol–water partition coefficient (Wildman–Crippen LogP) is 6.40. The van der Waals surface area contributed by atoms with E-state index in [4.69, 9.17) is 14.2 Å². The Bertz CT molecular complexity index is 1380. The number of carbonyl (C=O) groups is 1. The molecule has 2 amide bonds. The zero-order valence-electron chi connectivity index (χ0n) is 20.6. The normalized spacial score (nSPS) is 15.7. The van der Waals surface area contributed by atoms with Crippen LogP contribution < -0.4 is 15.0 Å². The minimum Gasteiger partial charge on any atom is -0.494 e. The maximum atomic E-state index is 13.3. The van der Waals surface area contributed by atoms with Crippen LogP contribution in [0.15, 0.2) is 89.1 Å². The molecule has 7 nitrogen and oxygen atoms in total. The molecule has 7 heteroatoms. The quantitative estimate of drug-likeness (QED) is 0.331. The Labute approximate surface area is 210 Å². The highest BCUT2D eigenvalue weighted by atomic mass is 16.5. The van der Waals surface area contributed by atoms with Crippen molar-refractivity contribution in [3.63, 3.8) is 0 Å². The molecule has 1 aliphatic heterocycles. The molecule has 1 unspecified atom stereocenters. The number of anilines is 1. The lowest BCUT2D eigenvalue weighted by Crippen LogP contribution is -2.46. The van der Waals surface area contributed by atoms with Gasteiger partial charge in [-0.25, -0.2) is 4.79 Å². The second kappa shape index (κ2) is 10.1. The lowest BCUT2D eigenvalue weighted by molar-refractivity contribution is 0.244. The summed E-state index contributed by atoms with van der Waals surface area (Å²) in [5.74, 6) is 1.61. The smallest absolute Gasteiger partial charge is 0.326 e. The number of benzene rings is 3. The fraction of sp³-hybridized carbons (Fsp3) is 0.207. The molecule has 1 aliphatic rings. The number of nitrogens with zero attached hydrogens (tertiary/aromatic N) is 3. The molecule has 36 heavy (non-hydrogen) atoms. The maximum absolute atomic E-state index is 13.3. The van der Waals surface area contributed by atoms with Crippen molar-refractivity contribution in [3.8, 4) is 17.1 Å². The first-order valence-corrected chi connectivity index (χ1v) is 12.1. The van der Waals surface area contributed by atoms with Crippen LogP contribution in [0.4, 0.5) is 10.5 Å². The molecular weight excluding hydrogens is 452 g/mol. The SMILES string of the molecule is CCOc1ccc(-c2noc(C3=C(C)N(c4ccc(CC)cc4)C(=O)NC3c3ccccc3)n2)cc1. The fourth-order valence-corrected chi connectivity index (χ4v) is 4.42. The number of carbonyl (C=O) groups excluding carboxylic acids is 1. The molecule has 3 aromatic carbocycles. The monoisotopic (exact) mass is 480 g/mol. The van der Waals surface area contributed by atoms with E-state index in [-0.39, 0.29) is 6.03 Å². The highest BCUT2D eigenvalue weighted by Gasteiger charge is 2.36. The van der Waals surface area contributed by atoms with Crippen molar-refractivity contribution in [2.75, 3.05) is 11.5 Å². The van der Waals surface area contributed by atoms with E-state index in [0.717, 1.165) is 40.3 Å². The molecule has 0 bridgehead atoms. The van der Waals surface area contributed by atoms with Gasteiger partial charge in [-0.2, -0.15) is 4.98 Å². The number of allylic oxidation sites excluding steroid dienone is 1. The van der Waals surface area contributed by atoms with Crippen molar-refractivity contribution < 1.29 is 14.1 Å². The van der Waals surface area contributed by atoms with Crippen LogP contribution in [-0.4, -0.2) is 22.8 Å². The van der Waals surface area contributed by atoms with Crippen LogP contribution >= 0.6 is 0 Å². The number of nitrogens with one attached hydrogen (secondary N) is 1. The summed E-state index contributed by atoms with van der Waals surface area (Å²) in [7, 11) is 0. The van der Waals surface area contributed by atoms with E-state index in [0.29, 0.717) is 18.3 Å². The van der Waals surface area contributed by atoms with Crippen molar-refractivity contribution in [2.24, 2.45) is 0 Å². The van der Waals surface area contributed by atoms with Gasteiger partial charge in [-0.1, -0.05) is 54.5 Å². The summed E-state index contributed by atoms with van der Waals surface area (Å²) in [5.41, 5.74) is 5.22. The van der Waals surface area contributed by atoms with Crippen LogP contribution in [0, 0.1) is 0 Å². The van der Waals surface area contributed by atoms with Crippen molar-refractivity contribution >= 4 is 17.3 Å². The first kappa shape index (κ1) is 23.4. The summed E-state index contributed by atoms with van der Waals surface area (Å²) in [4.78, 5) is 19.7. The molecule has 0 radical (unpaired) electrons. The van der Waals surface area contributed by atoms with E-state index in [1.807, 2.05) is 92.7 Å². The number of urea groups is 1. The van der Waals surface area contributed by atoms with Gasteiger partial charge < -0.3 is 14.6 Å². The summed E-state index contributed by atoms with van der Waals surface area (Å²) in [5, 5.41) is 7.39. The van der Waals surface area contributed by atoms with Gasteiger partial charge in [0.2, 0.25) is 5.82 Å². The predicted molar refractivity (Wildman–Crippen MR) is 140 cm³/mol.